The number of nitrogens with one attached hydrogen (secondary N) is 1. The first-order chi connectivity index (χ1) is 10.6. The molecular weight excluding hydrogens is 296 g/mol. The summed E-state index contributed by atoms with van der Waals surface area (Å²) in [6.45, 7) is 6.40. The highest BCUT2D eigenvalue weighted by atomic mass is 32.2. The predicted octanol–water partition coefficient (Wildman–Crippen LogP) is 2.58. The largest absolute Gasteiger partial charge is 0.356 e. The summed E-state index contributed by atoms with van der Waals surface area (Å²) in [5.41, 5.74) is 0. The fourth-order valence-corrected chi connectivity index (χ4v) is 3.92. The van der Waals surface area contributed by atoms with Crippen molar-refractivity contribution in [2.75, 3.05) is 19.6 Å². The van der Waals surface area contributed by atoms with E-state index in [4.69, 9.17) is 0 Å². The van der Waals surface area contributed by atoms with Gasteiger partial charge in [-0.3, -0.25) is 4.79 Å². The molecular formula is C17H26N2O2S. The van der Waals surface area contributed by atoms with Crippen LogP contribution in [0.3, 0.4) is 0 Å². The standard InChI is InChI=1S/C17H26N2O2S/c1-14(2)10-11-18-17(20)15-7-6-12-19(13-15)22(21)16-8-4-3-5-9-16/h3-5,8-9,14-15H,6-7,10-13H2,1-2H3,(H,18,20). The Morgan fingerprint density at radius 1 is 1.36 bits per heavy atom. The van der Waals surface area contributed by atoms with Crippen molar-refractivity contribution in [2.24, 2.45) is 11.8 Å². The van der Waals surface area contributed by atoms with E-state index in [1.54, 1.807) is 0 Å². The first-order valence-electron chi connectivity index (χ1n) is 8.07. The van der Waals surface area contributed by atoms with Crippen LogP contribution >= 0.6 is 0 Å². The van der Waals surface area contributed by atoms with Gasteiger partial charge in [-0.25, -0.2) is 8.51 Å². The second-order valence-electron chi connectivity index (χ2n) is 6.26. The Kier molecular flexibility index (Phi) is 6.58. The Balaban J connectivity index is 1.88. The maximum absolute atomic E-state index is 12.6. The van der Waals surface area contributed by atoms with E-state index in [-0.39, 0.29) is 11.8 Å². The molecule has 4 nitrogen and oxygen atoms in total. The monoisotopic (exact) mass is 322 g/mol. The number of piperidine rings is 1. The molecule has 5 heteroatoms. The zero-order chi connectivity index (χ0) is 15.9. The quantitative estimate of drug-likeness (QED) is 0.875. The van der Waals surface area contributed by atoms with Gasteiger partial charge in [0.15, 0.2) is 0 Å². The molecule has 1 fully saturated rings. The van der Waals surface area contributed by atoms with Gasteiger partial charge < -0.3 is 5.32 Å². The third-order valence-electron chi connectivity index (χ3n) is 3.96. The number of rotatable bonds is 6. The second-order valence-corrected chi connectivity index (χ2v) is 7.75. The van der Waals surface area contributed by atoms with E-state index in [2.05, 4.69) is 19.2 Å². The Hall–Kier alpha value is -1.20. The summed E-state index contributed by atoms with van der Waals surface area (Å²) >= 11 is 0. The molecule has 122 valence electrons. The topological polar surface area (TPSA) is 49.4 Å². The number of nitrogens with zero attached hydrogens (tertiary/aromatic N) is 1. The van der Waals surface area contributed by atoms with Crippen LogP contribution in [0.1, 0.15) is 33.1 Å². The van der Waals surface area contributed by atoms with Crippen LogP contribution in [-0.2, 0) is 15.8 Å². The van der Waals surface area contributed by atoms with E-state index in [9.17, 15) is 9.00 Å². The van der Waals surface area contributed by atoms with E-state index < -0.39 is 11.0 Å². The Morgan fingerprint density at radius 2 is 2.09 bits per heavy atom. The van der Waals surface area contributed by atoms with Crippen LogP contribution in [0.25, 0.3) is 0 Å². The molecule has 0 aliphatic carbocycles. The molecule has 1 aromatic carbocycles. The normalized spacial score (nSPS) is 20.8. The highest BCUT2D eigenvalue weighted by molar-refractivity contribution is 7.82. The van der Waals surface area contributed by atoms with Crippen LogP contribution in [0.4, 0.5) is 0 Å². The second kappa shape index (κ2) is 8.44. The molecule has 1 heterocycles. The van der Waals surface area contributed by atoms with Crippen LogP contribution in [0.5, 0.6) is 0 Å². The van der Waals surface area contributed by atoms with Crippen molar-refractivity contribution in [1.29, 1.82) is 0 Å². The number of hydrogen-bond acceptors (Lipinski definition) is 2. The van der Waals surface area contributed by atoms with Gasteiger partial charge in [0.2, 0.25) is 5.91 Å². The summed E-state index contributed by atoms with van der Waals surface area (Å²) in [7, 11) is -1.17. The molecule has 2 rings (SSSR count). The molecule has 2 unspecified atom stereocenters. The molecule has 1 aromatic rings. The lowest BCUT2D eigenvalue weighted by Crippen LogP contribution is -2.43. The number of benzene rings is 1. The van der Waals surface area contributed by atoms with Crippen molar-refractivity contribution < 1.29 is 9.00 Å². The summed E-state index contributed by atoms with van der Waals surface area (Å²) in [4.78, 5) is 13.1. The SMILES string of the molecule is CC(C)CCNC(=O)C1CCCN(S(=O)c2ccccc2)C1. The van der Waals surface area contributed by atoms with E-state index >= 15 is 0 Å². The summed E-state index contributed by atoms with van der Waals surface area (Å²) in [5.74, 6) is 0.651. The van der Waals surface area contributed by atoms with E-state index in [1.807, 2.05) is 34.6 Å². The van der Waals surface area contributed by atoms with Gasteiger partial charge in [-0.05, 0) is 37.3 Å². The molecule has 0 radical (unpaired) electrons. The maximum atomic E-state index is 12.6. The van der Waals surface area contributed by atoms with Crippen LogP contribution < -0.4 is 5.32 Å². The van der Waals surface area contributed by atoms with Crippen LogP contribution in [0.15, 0.2) is 35.2 Å². The van der Waals surface area contributed by atoms with E-state index in [1.165, 1.54) is 0 Å². The van der Waals surface area contributed by atoms with Crippen molar-refractivity contribution in [1.82, 2.24) is 9.62 Å². The zero-order valence-corrected chi connectivity index (χ0v) is 14.3. The minimum Gasteiger partial charge on any atom is -0.356 e. The minimum atomic E-state index is -1.17. The van der Waals surface area contributed by atoms with Gasteiger partial charge in [0.1, 0.15) is 11.0 Å². The first kappa shape index (κ1) is 17.2. The average molecular weight is 322 g/mol. The lowest BCUT2D eigenvalue weighted by atomic mass is 9.98. The lowest BCUT2D eigenvalue weighted by molar-refractivity contribution is -0.126. The third kappa shape index (κ3) is 4.92. The van der Waals surface area contributed by atoms with Crippen LogP contribution in [-0.4, -0.2) is 34.1 Å². The van der Waals surface area contributed by atoms with E-state index in [0.717, 1.165) is 37.2 Å². The number of hydrogen-bond donors (Lipinski definition) is 1. The predicted molar refractivity (Wildman–Crippen MR) is 89.6 cm³/mol. The molecule has 0 saturated carbocycles. The lowest BCUT2D eigenvalue weighted by Gasteiger charge is -2.30. The van der Waals surface area contributed by atoms with Gasteiger partial charge >= 0.3 is 0 Å². The molecule has 0 spiro atoms. The Labute approximate surface area is 135 Å². The molecule has 1 N–H and O–H groups in total. The van der Waals surface area contributed by atoms with E-state index in [0.29, 0.717) is 12.5 Å². The van der Waals surface area contributed by atoms with Crippen molar-refractivity contribution in [3.05, 3.63) is 30.3 Å². The molecule has 2 atom stereocenters. The average Bonchev–Trinajstić information content (AvgIpc) is 2.54. The molecule has 1 amide bonds. The highest BCUT2D eigenvalue weighted by Crippen LogP contribution is 2.21. The van der Waals surface area contributed by atoms with Gasteiger partial charge in [-0.2, -0.15) is 0 Å². The highest BCUT2D eigenvalue weighted by Gasteiger charge is 2.28. The molecule has 1 aliphatic rings. The van der Waals surface area contributed by atoms with Gasteiger partial charge in [-0.1, -0.05) is 32.0 Å². The van der Waals surface area contributed by atoms with Crippen molar-refractivity contribution in [3.8, 4) is 0 Å². The summed E-state index contributed by atoms with van der Waals surface area (Å²) in [6, 6.07) is 9.47. The Morgan fingerprint density at radius 3 is 2.77 bits per heavy atom. The molecule has 0 bridgehead atoms. The molecule has 22 heavy (non-hydrogen) atoms. The molecule has 1 saturated heterocycles. The summed E-state index contributed by atoms with van der Waals surface area (Å²) in [6.07, 6.45) is 2.80. The molecule has 1 aliphatic heterocycles. The van der Waals surface area contributed by atoms with Crippen molar-refractivity contribution in [2.45, 2.75) is 38.0 Å². The van der Waals surface area contributed by atoms with Gasteiger partial charge in [0.25, 0.3) is 0 Å². The van der Waals surface area contributed by atoms with Crippen molar-refractivity contribution in [3.63, 3.8) is 0 Å². The fourth-order valence-electron chi connectivity index (χ4n) is 2.62. The number of amides is 1. The maximum Gasteiger partial charge on any atom is 0.224 e. The van der Waals surface area contributed by atoms with Crippen LogP contribution in [0.2, 0.25) is 0 Å². The van der Waals surface area contributed by atoms with Crippen LogP contribution in [0, 0.1) is 11.8 Å². The Bertz CT molecular complexity index is 505. The smallest absolute Gasteiger partial charge is 0.224 e. The third-order valence-corrected chi connectivity index (χ3v) is 5.43. The first-order valence-corrected chi connectivity index (χ1v) is 9.18. The number of carbonyl (C=O) groups is 1. The number of carbonyl (C=O) groups excluding carboxylic acids is 1. The fraction of sp³-hybridized carbons (Fsp3) is 0.588. The summed E-state index contributed by atoms with van der Waals surface area (Å²) in [5, 5.41) is 3.02. The van der Waals surface area contributed by atoms with Crippen molar-refractivity contribution >= 4 is 16.9 Å². The molecule has 0 aromatic heterocycles. The van der Waals surface area contributed by atoms with Gasteiger partial charge in [0.05, 0.1) is 10.8 Å². The van der Waals surface area contributed by atoms with Gasteiger partial charge in [0, 0.05) is 19.6 Å². The summed E-state index contributed by atoms with van der Waals surface area (Å²) < 4.78 is 14.5. The zero-order valence-electron chi connectivity index (χ0n) is 13.5. The van der Waals surface area contributed by atoms with Gasteiger partial charge in [-0.15, -0.1) is 0 Å². The minimum absolute atomic E-state index is 0.0476.